The molecule has 3 rings (SSSR count). The summed E-state index contributed by atoms with van der Waals surface area (Å²) < 4.78 is 2.84. The molecule has 1 heterocycles. The van der Waals surface area contributed by atoms with Crippen LogP contribution in [-0.4, -0.2) is 32.3 Å². The Kier molecular flexibility index (Phi) is 9.28. The van der Waals surface area contributed by atoms with Gasteiger partial charge >= 0.3 is 0 Å². The Hall–Kier alpha value is -2.91. The molecule has 1 atom stereocenters. The molecule has 184 valence electrons. The van der Waals surface area contributed by atoms with Gasteiger partial charge in [-0.15, -0.1) is 16.8 Å². The number of carbonyl (C=O) groups excluding carboxylic acids is 2. The Labute approximate surface area is 218 Å². The number of hydrogen-bond donors (Lipinski definition) is 2. The molecule has 2 aromatic carbocycles. The van der Waals surface area contributed by atoms with E-state index >= 15 is 0 Å². The SMILES string of the molecule is C=CCn1c(SCC(=O)Nc2ccc(Br)cc2C(C)C)nnc1[C@@H](C)NC(=O)c1ccc(C)cc1. The highest BCUT2D eigenvalue weighted by Crippen LogP contribution is 2.28. The molecule has 0 unspecified atom stereocenters. The number of nitrogens with one attached hydrogen (secondary N) is 2. The minimum Gasteiger partial charge on any atom is -0.342 e. The first-order valence-corrected chi connectivity index (χ1v) is 13.1. The fraction of sp³-hybridized carbons (Fsp3) is 0.308. The van der Waals surface area contributed by atoms with Crippen molar-refractivity contribution in [1.82, 2.24) is 20.1 Å². The molecule has 7 nitrogen and oxygen atoms in total. The van der Waals surface area contributed by atoms with Crippen molar-refractivity contribution in [2.24, 2.45) is 0 Å². The molecule has 3 aromatic rings. The zero-order valence-corrected chi connectivity index (χ0v) is 22.7. The number of anilines is 1. The van der Waals surface area contributed by atoms with E-state index in [4.69, 9.17) is 0 Å². The lowest BCUT2D eigenvalue weighted by Crippen LogP contribution is -2.28. The molecular formula is C26H30BrN5O2S. The number of aryl methyl sites for hydroxylation is 1. The number of thioether (sulfide) groups is 1. The first kappa shape index (κ1) is 26.7. The second-order valence-corrected chi connectivity index (χ2v) is 10.4. The molecule has 0 radical (unpaired) electrons. The molecule has 0 aliphatic rings. The zero-order chi connectivity index (χ0) is 25.5. The number of allylic oxidation sites excluding steroid dienone is 1. The molecule has 0 aliphatic heterocycles. The van der Waals surface area contributed by atoms with Crippen LogP contribution in [0.2, 0.25) is 0 Å². The van der Waals surface area contributed by atoms with Crippen molar-refractivity contribution in [2.75, 3.05) is 11.1 Å². The van der Waals surface area contributed by atoms with E-state index in [-0.39, 0.29) is 29.5 Å². The van der Waals surface area contributed by atoms with Crippen molar-refractivity contribution in [1.29, 1.82) is 0 Å². The van der Waals surface area contributed by atoms with Crippen LogP contribution in [0, 0.1) is 6.92 Å². The normalized spacial score (nSPS) is 11.8. The van der Waals surface area contributed by atoms with Gasteiger partial charge in [0, 0.05) is 22.3 Å². The predicted molar refractivity (Wildman–Crippen MR) is 145 cm³/mol. The van der Waals surface area contributed by atoms with E-state index < -0.39 is 0 Å². The summed E-state index contributed by atoms with van der Waals surface area (Å²) in [6.07, 6.45) is 1.74. The average Bonchev–Trinajstić information content (AvgIpc) is 3.22. The van der Waals surface area contributed by atoms with Crippen LogP contribution in [-0.2, 0) is 11.3 Å². The number of amides is 2. The van der Waals surface area contributed by atoms with Crippen LogP contribution in [0.15, 0.2) is 64.7 Å². The summed E-state index contributed by atoms with van der Waals surface area (Å²) in [6.45, 7) is 12.3. The predicted octanol–water partition coefficient (Wildman–Crippen LogP) is 5.88. The summed E-state index contributed by atoms with van der Waals surface area (Å²) in [5.41, 5.74) is 3.53. The Bertz CT molecular complexity index is 1210. The highest BCUT2D eigenvalue weighted by molar-refractivity contribution is 9.10. The fourth-order valence-corrected chi connectivity index (χ4v) is 4.65. The number of hydrogen-bond acceptors (Lipinski definition) is 5. The molecule has 9 heteroatoms. The zero-order valence-electron chi connectivity index (χ0n) is 20.3. The third-order valence-electron chi connectivity index (χ3n) is 5.35. The van der Waals surface area contributed by atoms with E-state index in [0.717, 1.165) is 21.3 Å². The Morgan fingerprint density at radius 3 is 2.51 bits per heavy atom. The summed E-state index contributed by atoms with van der Waals surface area (Å²) in [7, 11) is 0. The molecule has 0 aliphatic carbocycles. The van der Waals surface area contributed by atoms with Gasteiger partial charge in [0.05, 0.1) is 11.8 Å². The van der Waals surface area contributed by atoms with Gasteiger partial charge in [0.2, 0.25) is 5.91 Å². The first-order chi connectivity index (χ1) is 16.7. The lowest BCUT2D eigenvalue weighted by Gasteiger charge is -2.16. The molecule has 35 heavy (non-hydrogen) atoms. The van der Waals surface area contributed by atoms with E-state index in [9.17, 15) is 9.59 Å². The van der Waals surface area contributed by atoms with Gasteiger partial charge in [-0.1, -0.05) is 65.3 Å². The minimum atomic E-state index is -0.379. The number of aromatic nitrogens is 3. The van der Waals surface area contributed by atoms with Gasteiger partial charge in [-0.3, -0.25) is 9.59 Å². The number of carbonyl (C=O) groups is 2. The highest BCUT2D eigenvalue weighted by atomic mass is 79.9. The second-order valence-electron chi connectivity index (χ2n) is 8.52. The minimum absolute atomic E-state index is 0.130. The van der Waals surface area contributed by atoms with Crippen LogP contribution >= 0.6 is 27.7 Å². The van der Waals surface area contributed by atoms with Crippen LogP contribution in [0.1, 0.15) is 60.0 Å². The van der Waals surface area contributed by atoms with Crippen LogP contribution in [0.4, 0.5) is 5.69 Å². The van der Waals surface area contributed by atoms with Crippen LogP contribution in [0.25, 0.3) is 0 Å². The maximum atomic E-state index is 12.7. The molecule has 0 bridgehead atoms. The van der Waals surface area contributed by atoms with Crippen molar-refractivity contribution in [3.63, 3.8) is 0 Å². The van der Waals surface area contributed by atoms with E-state index in [0.29, 0.717) is 23.1 Å². The summed E-state index contributed by atoms with van der Waals surface area (Å²) in [5, 5.41) is 15.1. The monoisotopic (exact) mass is 555 g/mol. The van der Waals surface area contributed by atoms with Crippen molar-refractivity contribution in [3.8, 4) is 0 Å². The van der Waals surface area contributed by atoms with Gasteiger partial charge in [0.1, 0.15) is 0 Å². The number of halogens is 1. The van der Waals surface area contributed by atoms with E-state index in [1.54, 1.807) is 18.2 Å². The Morgan fingerprint density at radius 2 is 1.86 bits per heavy atom. The van der Waals surface area contributed by atoms with Crippen LogP contribution in [0.3, 0.4) is 0 Å². The van der Waals surface area contributed by atoms with Gasteiger partial charge in [0.25, 0.3) is 5.91 Å². The molecule has 0 saturated heterocycles. The van der Waals surface area contributed by atoms with Crippen LogP contribution < -0.4 is 10.6 Å². The standard InChI is InChI=1S/C26H30BrN5O2S/c1-6-13-32-24(18(5)28-25(34)19-9-7-17(4)8-10-19)30-31-26(32)35-15-23(33)29-22-12-11-20(27)14-21(22)16(2)3/h6-12,14,16,18H,1,13,15H2,2-5H3,(H,28,34)(H,29,33)/t18-/m1/s1. The molecule has 0 spiro atoms. The summed E-state index contributed by atoms with van der Waals surface area (Å²) in [6, 6.07) is 12.8. The quantitative estimate of drug-likeness (QED) is 0.241. The summed E-state index contributed by atoms with van der Waals surface area (Å²) >= 11 is 4.78. The van der Waals surface area contributed by atoms with Gasteiger partial charge in [0.15, 0.2) is 11.0 Å². The first-order valence-electron chi connectivity index (χ1n) is 11.3. The van der Waals surface area contributed by atoms with Gasteiger partial charge < -0.3 is 15.2 Å². The third-order valence-corrected chi connectivity index (χ3v) is 6.81. The maximum Gasteiger partial charge on any atom is 0.251 e. The molecule has 1 aromatic heterocycles. The van der Waals surface area contributed by atoms with E-state index in [2.05, 4.69) is 57.2 Å². The van der Waals surface area contributed by atoms with E-state index in [1.807, 2.05) is 48.7 Å². The van der Waals surface area contributed by atoms with E-state index in [1.165, 1.54) is 11.8 Å². The van der Waals surface area contributed by atoms with Gasteiger partial charge in [-0.2, -0.15) is 0 Å². The Balaban J connectivity index is 1.68. The van der Waals surface area contributed by atoms with Gasteiger partial charge in [-0.25, -0.2) is 0 Å². The van der Waals surface area contributed by atoms with Crippen molar-refractivity contribution >= 4 is 45.2 Å². The second kappa shape index (κ2) is 12.2. The molecule has 0 saturated carbocycles. The topological polar surface area (TPSA) is 88.9 Å². The lowest BCUT2D eigenvalue weighted by atomic mass is 10.0. The summed E-state index contributed by atoms with van der Waals surface area (Å²) in [4.78, 5) is 25.4. The lowest BCUT2D eigenvalue weighted by molar-refractivity contribution is -0.113. The average molecular weight is 557 g/mol. The van der Waals surface area contributed by atoms with Crippen molar-refractivity contribution < 1.29 is 9.59 Å². The number of nitrogens with zero attached hydrogens (tertiary/aromatic N) is 3. The molecule has 2 N–H and O–H groups in total. The number of rotatable bonds is 10. The molecule has 2 amide bonds. The third kappa shape index (κ3) is 7.05. The number of benzene rings is 2. The Morgan fingerprint density at radius 1 is 1.14 bits per heavy atom. The fourth-order valence-electron chi connectivity index (χ4n) is 3.52. The van der Waals surface area contributed by atoms with Crippen LogP contribution in [0.5, 0.6) is 0 Å². The van der Waals surface area contributed by atoms with Gasteiger partial charge in [-0.05, 0) is 55.7 Å². The smallest absolute Gasteiger partial charge is 0.251 e. The maximum absolute atomic E-state index is 12.7. The molecule has 0 fully saturated rings. The largest absolute Gasteiger partial charge is 0.342 e. The highest BCUT2D eigenvalue weighted by Gasteiger charge is 2.21. The molecular weight excluding hydrogens is 526 g/mol. The van der Waals surface area contributed by atoms with Crippen molar-refractivity contribution in [2.45, 2.75) is 51.4 Å². The summed E-state index contributed by atoms with van der Waals surface area (Å²) in [5.74, 6) is 0.727. The van der Waals surface area contributed by atoms with Crippen molar-refractivity contribution in [3.05, 3.63) is 82.1 Å².